The second-order valence-electron chi connectivity index (χ2n) is 10.5. The van der Waals surface area contributed by atoms with Crippen molar-refractivity contribution in [3.8, 4) is 0 Å². The van der Waals surface area contributed by atoms with Crippen molar-refractivity contribution in [2.75, 3.05) is 0 Å². The molecule has 4 aliphatic carbocycles. The monoisotopic (exact) mass is 428 g/mol. The van der Waals surface area contributed by atoms with E-state index in [4.69, 9.17) is 11.5 Å². The number of urea groups is 2. The van der Waals surface area contributed by atoms with Gasteiger partial charge in [0.2, 0.25) is 0 Å². The lowest BCUT2D eigenvalue weighted by Gasteiger charge is -2.58. The molecule has 0 aromatic carbocycles. The predicted molar refractivity (Wildman–Crippen MR) is 121 cm³/mol. The first kappa shape index (κ1) is 21.8. The van der Waals surface area contributed by atoms with Crippen LogP contribution in [0.2, 0.25) is 0 Å². The average molecular weight is 429 g/mol. The van der Waals surface area contributed by atoms with Crippen molar-refractivity contribution in [3.63, 3.8) is 0 Å². The van der Waals surface area contributed by atoms with Crippen molar-refractivity contribution in [2.45, 2.75) is 72.1 Å². The van der Waals surface area contributed by atoms with Gasteiger partial charge in [0.1, 0.15) is 0 Å². The Morgan fingerprint density at radius 3 is 2.45 bits per heavy atom. The number of primary amides is 2. The standard InChI is InChI=1S/C23H36N6O2/c1-13(26-28-20(24)30)17-6-7-18-16-5-4-14-12-15(27-29-21(25)31)8-10-22(14,2)19(16)9-11-23(17,18)3/h12,16-19H,4-11H2,1-3H3,(H3,24,28,30)(H3,25,29,31)/b26-13?,27-15-/t16-,17+,18-,19-,22+,23-/m1/s1. The number of allylic oxidation sites excluding steroid dienone is 2. The number of nitrogens with two attached hydrogens (primary N) is 2. The van der Waals surface area contributed by atoms with Crippen molar-refractivity contribution in [1.29, 1.82) is 0 Å². The van der Waals surface area contributed by atoms with E-state index in [9.17, 15) is 9.59 Å². The summed E-state index contributed by atoms with van der Waals surface area (Å²) < 4.78 is 0. The van der Waals surface area contributed by atoms with Crippen LogP contribution in [0.5, 0.6) is 0 Å². The number of fused-ring (bicyclic) bond motifs is 5. The van der Waals surface area contributed by atoms with Gasteiger partial charge < -0.3 is 11.5 Å². The molecule has 8 nitrogen and oxygen atoms in total. The van der Waals surface area contributed by atoms with Crippen molar-refractivity contribution >= 4 is 23.5 Å². The SMILES string of the molecule is CC(=NNC(N)=O)[C@@H]1CC[C@@H]2[C@H]3CCC4=C/C(=N\NC(N)=O)CC[C@]4(C)[C@@H]3CC[C@@]21C. The van der Waals surface area contributed by atoms with Crippen LogP contribution < -0.4 is 22.3 Å². The van der Waals surface area contributed by atoms with Gasteiger partial charge in [-0.15, -0.1) is 0 Å². The van der Waals surface area contributed by atoms with Gasteiger partial charge in [-0.25, -0.2) is 20.4 Å². The number of carbonyl (C=O) groups excluding carboxylic acids is 2. The number of rotatable bonds is 3. The number of nitrogens with one attached hydrogen (secondary N) is 2. The summed E-state index contributed by atoms with van der Waals surface area (Å²) in [6, 6.07) is -1.22. The molecule has 170 valence electrons. The Hall–Kier alpha value is -2.38. The van der Waals surface area contributed by atoms with Gasteiger partial charge in [-0.3, -0.25) is 0 Å². The summed E-state index contributed by atoms with van der Waals surface area (Å²) in [7, 11) is 0. The highest BCUT2D eigenvalue weighted by Crippen LogP contribution is 2.66. The lowest BCUT2D eigenvalue weighted by atomic mass is 9.46. The highest BCUT2D eigenvalue weighted by Gasteiger charge is 2.59. The van der Waals surface area contributed by atoms with Crippen LogP contribution in [0.15, 0.2) is 21.9 Å². The quantitative estimate of drug-likeness (QED) is 0.403. The van der Waals surface area contributed by atoms with Crippen molar-refractivity contribution in [3.05, 3.63) is 11.6 Å². The molecule has 0 unspecified atom stereocenters. The number of carbonyl (C=O) groups is 2. The molecule has 0 aromatic heterocycles. The van der Waals surface area contributed by atoms with Gasteiger partial charge in [0, 0.05) is 11.6 Å². The van der Waals surface area contributed by atoms with Gasteiger partial charge in [-0.2, -0.15) is 10.2 Å². The summed E-state index contributed by atoms with van der Waals surface area (Å²) in [6.07, 6.45) is 11.3. The molecule has 0 spiro atoms. The lowest BCUT2D eigenvalue weighted by molar-refractivity contribution is -0.0407. The maximum atomic E-state index is 11.1. The van der Waals surface area contributed by atoms with Crippen molar-refractivity contribution in [2.24, 2.45) is 56.2 Å². The van der Waals surface area contributed by atoms with Crippen LogP contribution in [0.25, 0.3) is 0 Å². The molecule has 4 aliphatic rings. The van der Waals surface area contributed by atoms with Gasteiger partial charge in [-0.1, -0.05) is 19.4 Å². The number of amides is 4. The number of hydrogen-bond donors (Lipinski definition) is 4. The molecule has 4 amide bonds. The predicted octanol–water partition coefficient (Wildman–Crippen LogP) is 3.63. The third kappa shape index (κ3) is 3.74. The normalized spacial score (nSPS) is 40.9. The molecule has 0 bridgehead atoms. The third-order valence-corrected chi connectivity index (χ3v) is 9.13. The smallest absolute Gasteiger partial charge is 0.332 e. The minimum atomic E-state index is -0.616. The van der Waals surface area contributed by atoms with E-state index in [0.717, 1.165) is 43.0 Å². The molecule has 3 saturated carbocycles. The first-order valence-corrected chi connectivity index (χ1v) is 11.6. The molecule has 0 saturated heterocycles. The zero-order valence-electron chi connectivity index (χ0n) is 18.9. The van der Waals surface area contributed by atoms with Crippen LogP contribution in [0.3, 0.4) is 0 Å². The van der Waals surface area contributed by atoms with Crippen LogP contribution in [0.4, 0.5) is 9.59 Å². The molecule has 0 aliphatic heterocycles. The van der Waals surface area contributed by atoms with E-state index < -0.39 is 12.1 Å². The van der Waals surface area contributed by atoms with Gasteiger partial charge in [-0.05, 0) is 93.0 Å². The molecule has 3 fully saturated rings. The summed E-state index contributed by atoms with van der Waals surface area (Å²) in [5, 5.41) is 8.49. The number of hydrogen-bond acceptors (Lipinski definition) is 4. The highest BCUT2D eigenvalue weighted by molar-refractivity contribution is 5.97. The molecular formula is C23H36N6O2. The molecular weight excluding hydrogens is 392 g/mol. The third-order valence-electron chi connectivity index (χ3n) is 9.13. The van der Waals surface area contributed by atoms with E-state index >= 15 is 0 Å². The minimum absolute atomic E-state index is 0.213. The fourth-order valence-electron chi connectivity index (χ4n) is 7.69. The average Bonchev–Trinajstić information content (AvgIpc) is 3.07. The summed E-state index contributed by atoms with van der Waals surface area (Å²) in [6.45, 7) is 6.93. The van der Waals surface area contributed by atoms with E-state index in [1.54, 1.807) is 0 Å². The van der Waals surface area contributed by atoms with Gasteiger partial charge in [0.15, 0.2) is 0 Å². The molecule has 8 heteroatoms. The van der Waals surface area contributed by atoms with E-state index in [2.05, 4.69) is 41.0 Å². The maximum absolute atomic E-state index is 11.1. The summed E-state index contributed by atoms with van der Waals surface area (Å²) in [5.74, 6) is 2.51. The number of nitrogens with zero attached hydrogens (tertiary/aromatic N) is 2. The molecule has 31 heavy (non-hydrogen) atoms. The Bertz CT molecular complexity index is 864. The van der Waals surface area contributed by atoms with Crippen LogP contribution in [-0.4, -0.2) is 23.5 Å². The van der Waals surface area contributed by atoms with E-state index in [1.165, 1.54) is 31.3 Å². The maximum Gasteiger partial charge on any atom is 0.332 e. The Morgan fingerprint density at radius 1 is 1.00 bits per heavy atom. The second-order valence-corrected chi connectivity index (χ2v) is 10.5. The van der Waals surface area contributed by atoms with E-state index in [1.807, 2.05) is 6.92 Å². The molecule has 0 radical (unpaired) electrons. The molecule has 4 rings (SSSR count). The Morgan fingerprint density at radius 2 is 1.74 bits per heavy atom. The Balaban J connectivity index is 1.55. The van der Waals surface area contributed by atoms with Gasteiger partial charge >= 0.3 is 12.1 Å². The van der Waals surface area contributed by atoms with E-state index in [0.29, 0.717) is 17.8 Å². The topological polar surface area (TPSA) is 135 Å². The first-order valence-electron chi connectivity index (χ1n) is 11.6. The molecule has 6 atom stereocenters. The van der Waals surface area contributed by atoms with Crippen molar-refractivity contribution in [1.82, 2.24) is 10.9 Å². The summed E-state index contributed by atoms with van der Waals surface area (Å²) in [5.41, 5.74) is 19.1. The van der Waals surface area contributed by atoms with Crippen molar-refractivity contribution < 1.29 is 9.59 Å². The Kier molecular flexibility index (Phi) is 5.60. The first-order chi connectivity index (χ1) is 14.6. The second kappa shape index (κ2) is 7.95. The van der Waals surface area contributed by atoms with Gasteiger partial charge in [0.25, 0.3) is 0 Å². The Labute approximate surface area is 184 Å². The zero-order chi connectivity index (χ0) is 22.4. The van der Waals surface area contributed by atoms with Gasteiger partial charge in [0.05, 0.1) is 5.71 Å². The molecule has 6 N–H and O–H groups in total. The molecule has 0 heterocycles. The number of hydrazone groups is 2. The minimum Gasteiger partial charge on any atom is -0.350 e. The fourth-order valence-corrected chi connectivity index (χ4v) is 7.69. The van der Waals surface area contributed by atoms with Crippen LogP contribution in [-0.2, 0) is 0 Å². The fraction of sp³-hybridized carbons (Fsp3) is 0.739. The highest BCUT2D eigenvalue weighted by atomic mass is 16.2. The summed E-state index contributed by atoms with van der Waals surface area (Å²) in [4.78, 5) is 22.1. The van der Waals surface area contributed by atoms with E-state index in [-0.39, 0.29) is 10.8 Å². The lowest BCUT2D eigenvalue weighted by Crippen LogP contribution is -2.51. The zero-order valence-corrected chi connectivity index (χ0v) is 18.9. The van der Waals surface area contributed by atoms with Crippen LogP contribution in [0, 0.1) is 34.5 Å². The van der Waals surface area contributed by atoms with Crippen LogP contribution in [0.1, 0.15) is 72.1 Å². The molecule has 0 aromatic rings. The van der Waals surface area contributed by atoms with Crippen LogP contribution >= 0.6 is 0 Å². The summed E-state index contributed by atoms with van der Waals surface area (Å²) >= 11 is 0. The largest absolute Gasteiger partial charge is 0.350 e.